The average molecular weight is 269 g/mol. The second kappa shape index (κ2) is 6.72. The molecule has 0 aliphatic heterocycles. The molecule has 0 fully saturated rings. The first-order chi connectivity index (χ1) is 8.95. The van der Waals surface area contributed by atoms with Crippen molar-refractivity contribution in [1.82, 2.24) is 20.5 Å². The van der Waals surface area contributed by atoms with E-state index >= 15 is 0 Å². The molecule has 8 nitrogen and oxygen atoms in total. The Kier molecular flexibility index (Phi) is 5.28. The summed E-state index contributed by atoms with van der Waals surface area (Å²) in [5, 5.41) is 11.1. The summed E-state index contributed by atoms with van der Waals surface area (Å²) >= 11 is 0. The minimum Gasteiger partial charge on any atom is -0.463 e. The van der Waals surface area contributed by atoms with Crippen molar-refractivity contribution >= 4 is 17.9 Å². The van der Waals surface area contributed by atoms with Crippen LogP contribution in [0.1, 0.15) is 27.2 Å². The molecule has 0 aliphatic rings. The van der Waals surface area contributed by atoms with Crippen molar-refractivity contribution in [3.8, 4) is 0 Å². The van der Waals surface area contributed by atoms with Crippen molar-refractivity contribution in [3.05, 3.63) is 6.33 Å². The third-order valence-corrected chi connectivity index (χ3v) is 2.70. The number of anilines is 1. The van der Waals surface area contributed by atoms with E-state index in [1.807, 2.05) is 20.8 Å². The van der Waals surface area contributed by atoms with Crippen molar-refractivity contribution in [2.45, 2.75) is 27.2 Å². The minimum absolute atomic E-state index is 0.129. The molecule has 106 valence electrons. The maximum atomic E-state index is 11.6. The van der Waals surface area contributed by atoms with E-state index in [4.69, 9.17) is 4.74 Å². The van der Waals surface area contributed by atoms with Crippen molar-refractivity contribution in [2.75, 3.05) is 18.5 Å². The standard InChI is InChI=1S/C11H19N5O3/c1-4-11(2,3)8(17)19-6-5-12-10(18)15-9-13-7-14-16-9/h7H,4-6H2,1-3H3,(H3,12,13,14,15,16,18). The van der Waals surface area contributed by atoms with Gasteiger partial charge in [-0.15, -0.1) is 5.10 Å². The smallest absolute Gasteiger partial charge is 0.321 e. The Morgan fingerprint density at radius 3 is 2.79 bits per heavy atom. The lowest BCUT2D eigenvalue weighted by molar-refractivity contribution is -0.153. The van der Waals surface area contributed by atoms with Gasteiger partial charge in [-0.05, 0) is 20.3 Å². The molecule has 0 spiro atoms. The van der Waals surface area contributed by atoms with Crippen LogP contribution in [0.3, 0.4) is 0 Å². The van der Waals surface area contributed by atoms with Crippen LogP contribution in [0.5, 0.6) is 0 Å². The van der Waals surface area contributed by atoms with Gasteiger partial charge in [0, 0.05) is 0 Å². The van der Waals surface area contributed by atoms with Gasteiger partial charge in [0.15, 0.2) is 0 Å². The van der Waals surface area contributed by atoms with Crippen LogP contribution >= 0.6 is 0 Å². The molecule has 1 rings (SSSR count). The van der Waals surface area contributed by atoms with Gasteiger partial charge in [0.05, 0.1) is 12.0 Å². The predicted molar refractivity (Wildman–Crippen MR) is 68.4 cm³/mol. The fourth-order valence-electron chi connectivity index (χ4n) is 1.06. The number of hydrogen-bond acceptors (Lipinski definition) is 5. The van der Waals surface area contributed by atoms with E-state index in [0.29, 0.717) is 6.42 Å². The number of esters is 1. The number of rotatable bonds is 6. The first-order valence-electron chi connectivity index (χ1n) is 6.03. The summed E-state index contributed by atoms with van der Waals surface area (Å²) in [5.41, 5.74) is -0.499. The van der Waals surface area contributed by atoms with E-state index in [-0.39, 0.29) is 25.1 Å². The Hall–Kier alpha value is -2.12. The molecule has 1 heterocycles. The Labute approximate surface area is 111 Å². The Morgan fingerprint density at radius 1 is 1.47 bits per heavy atom. The maximum Gasteiger partial charge on any atom is 0.321 e. The number of nitrogens with one attached hydrogen (secondary N) is 3. The fraction of sp³-hybridized carbons (Fsp3) is 0.636. The zero-order chi connectivity index (χ0) is 14.3. The van der Waals surface area contributed by atoms with Gasteiger partial charge in [-0.2, -0.15) is 0 Å². The normalized spacial score (nSPS) is 10.9. The van der Waals surface area contributed by atoms with Gasteiger partial charge in [-0.25, -0.2) is 9.78 Å². The molecule has 0 aliphatic carbocycles. The van der Waals surface area contributed by atoms with Gasteiger partial charge >= 0.3 is 12.0 Å². The van der Waals surface area contributed by atoms with Gasteiger partial charge in [-0.3, -0.25) is 15.2 Å². The summed E-state index contributed by atoms with van der Waals surface area (Å²) in [4.78, 5) is 26.7. The monoisotopic (exact) mass is 269 g/mol. The van der Waals surface area contributed by atoms with E-state index in [1.54, 1.807) is 0 Å². The van der Waals surface area contributed by atoms with E-state index in [1.165, 1.54) is 6.33 Å². The van der Waals surface area contributed by atoms with Crippen LogP contribution in [0.2, 0.25) is 0 Å². The van der Waals surface area contributed by atoms with Crippen molar-refractivity contribution in [1.29, 1.82) is 0 Å². The third-order valence-electron chi connectivity index (χ3n) is 2.70. The molecular formula is C11H19N5O3. The zero-order valence-corrected chi connectivity index (χ0v) is 11.3. The fourth-order valence-corrected chi connectivity index (χ4v) is 1.06. The molecule has 2 amide bonds. The summed E-state index contributed by atoms with van der Waals surface area (Å²) < 4.78 is 5.06. The van der Waals surface area contributed by atoms with Crippen LogP contribution < -0.4 is 10.6 Å². The maximum absolute atomic E-state index is 11.6. The topological polar surface area (TPSA) is 109 Å². The molecule has 0 saturated carbocycles. The van der Waals surface area contributed by atoms with E-state index in [9.17, 15) is 9.59 Å². The first-order valence-corrected chi connectivity index (χ1v) is 6.03. The number of H-pyrrole nitrogens is 1. The van der Waals surface area contributed by atoms with E-state index in [2.05, 4.69) is 25.8 Å². The summed E-state index contributed by atoms with van der Waals surface area (Å²) in [5.74, 6) is -0.0900. The summed E-state index contributed by atoms with van der Waals surface area (Å²) in [7, 11) is 0. The number of nitrogens with zero attached hydrogens (tertiary/aromatic N) is 2. The van der Waals surface area contributed by atoms with Crippen molar-refractivity contribution in [3.63, 3.8) is 0 Å². The van der Waals surface area contributed by atoms with Crippen LogP contribution in [0.4, 0.5) is 10.7 Å². The lowest BCUT2D eigenvalue weighted by Gasteiger charge is -2.20. The predicted octanol–water partition coefficient (Wildman–Crippen LogP) is 0.906. The quantitative estimate of drug-likeness (QED) is 0.525. The van der Waals surface area contributed by atoms with Crippen LogP contribution in [-0.4, -0.2) is 40.3 Å². The molecule has 1 aromatic heterocycles. The summed E-state index contributed by atoms with van der Waals surface area (Å²) in [6.45, 7) is 5.91. The van der Waals surface area contributed by atoms with Gasteiger partial charge in [-0.1, -0.05) is 6.92 Å². The Balaban J connectivity index is 2.17. The number of aromatic amines is 1. The number of urea groups is 1. The number of ether oxygens (including phenoxy) is 1. The van der Waals surface area contributed by atoms with Gasteiger partial charge < -0.3 is 10.1 Å². The Bertz CT molecular complexity index is 416. The molecule has 3 N–H and O–H groups in total. The number of carbonyl (C=O) groups is 2. The highest BCUT2D eigenvalue weighted by Crippen LogP contribution is 2.21. The largest absolute Gasteiger partial charge is 0.463 e. The van der Waals surface area contributed by atoms with Crippen LogP contribution in [0.25, 0.3) is 0 Å². The highest BCUT2D eigenvalue weighted by atomic mass is 16.5. The van der Waals surface area contributed by atoms with E-state index in [0.717, 1.165) is 0 Å². The minimum atomic E-state index is -0.499. The van der Waals surface area contributed by atoms with Gasteiger partial charge in [0.25, 0.3) is 0 Å². The molecule has 0 aromatic carbocycles. The Morgan fingerprint density at radius 2 is 2.21 bits per heavy atom. The van der Waals surface area contributed by atoms with Crippen LogP contribution in [0.15, 0.2) is 6.33 Å². The van der Waals surface area contributed by atoms with Gasteiger partial charge in [0.1, 0.15) is 12.9 Å². The molecule has 19 heavy (non-hydrogen) atoms. The summed E-state index contributed by atoms with van der Waals surface area (Å²) in [6.07, 6.45) is 2.05. The lowest BCUT2D eigenvalue weighted by atomic mass is 9.91. The molecule has 8 heteroatoms. The number of carbonyl (C=O) groups excluding carboxylic acids is 2. The molecule has 0 unspecified atom stereocenters. The van der Waals surface area contributed by atoms with Crippen LogP contribution in [0, 0.1) is 5.41 Å². The van der Waals surface area contributed by atoms with E-state index < -0.39 is 11.4 Å². The van der Waals surface area contributed by atoms with Crippen molar-refractivity contribution < 1.29 is 14.3 Å². The number of aromatic nitrogens is 3. The number of amides is 2. The summed E-state index contributed by atoms with van der Waals surface area (Å²) in [6, 6.07) is -0.453. The second-order valence-corrected chi connectivity index (χ2v) is 4.58. The molecule has 0 atom stereocenters. The SMILES string of the molecule is CCC(C)(C)C(=O)OCCNC(=O)Nc1nc[nH]n1. The molecule has 1 aromatic rings. The van der Waals surface area contributed by atoms with Gasteiger partial charge in [0.2, 0.25) is 5.95 Å². The average Bonchev–Trinajstić information content (AvgIpc) is 2.87. The van der Waals surface area contributed by atoms with Crippen molar-refractivity contribution in [2.24, 2.45) is 5.41 Å². The highest BCUT2D eigenvalue weighted by Gasteiger charge is 2.26. The third kappa shape index (κ3) is 4.94. The number of hydrogen-bond donors (Lipinski definition) is 3. The molecule has 0 bridgehead atoms. The van der Waals surface area contributed by atoms with Crippen LogP contribution in [-0.2, 0) is 9.53 Å². The zero-order valence-electron chi connectivity index (χ0n) is 11.3. The molecular weight excluding hydrogens is 250 g/mol. The lowest BCUT2D eigenvalue weighted by Crippen LogP contribution is -2.34. The second-order valence-electron chi connectivity index (χ2n) is 4.58. The molecule has 0 saturated heterocycles. The highest BCUT2D eigenvalue weighted by molar-refractivity contribution is 5.87. The molecule has 0 radical (unpaired) electrons. The first kappa shape index (κ1) is 14.9.